The number of hydrogen-bond acceptors (Lipinski definition) is 7. The monoisotopic (exact) mass is 526 g/mol. The molecule has 2 aliphatic rings. The van der Waals surface area contributed by atoms with Gasteiger partial charge in [0, 0.05) is 16.0 Å². The fourth-order valence-corrected chi connectivity index (χ4v) is 6.03. The molecule has 194 valence electrons. The minimum atomic E-state index is -1.13. The molecule has 4 heterocycles. The summed E-state index contributed by atoms with van der Waals surface area (Å²) in [5.41, 5.74) is 15.0. The molecule has 0 spiro atoms. The molecule has 38 heavy (non-hydrogen) atoms. The van der Waals surface area contributed by atoms with Crippen LogP contribution in [0.2, 0.25) is 0 Å². The quantitative estimate of drug-likeness (QED) is 0.296. The number of carbonyl (C=O) groups excluding carboxylic acids is 1. The van der Waals surface area contributed by atoms with Gasteiger partial charge < -0.3 is 26.3 Å². The third-order valence-electron chi connectivity index (χ3n) is 7.12. The van der Waals surface area contributed by atoms with Crippen LogP contribution in [0.4, 0.5) is 0 Å². The summed E-state index contributed by atoms with van der Waals surface area (Å²) in [6.45, 7) is 7.69. The molecular formula is C30H30N4O3S. The van der Waals surface area contributed by atoms with Crippen LogP contribution in [0.5, 0.6) is 0 Å². The number of nitrogens with one attached hydrogen (secondary N) is 1. The second kappa shape index (κ2) is 8.47. The molecule has 1 amide bonds. The predicted octanol–water partition coefficient (Wildman–Crippen LogP) is 4.84. The van der Waals surface area contributed by atoms with E-state index in [1.165, 1.54) is 0 Å². The summed E-state index contributed by atoms with van der Waals surface area (Å²) >= 11 is 1.54. The number of benzene rings is 2. The Hall–Kier alpha value is -3.56. The van der Waals surface area contributed by atoms with Gasteiger partial charge in [0.05, 0.1) is 21.7 Å². The number of nitrogens with zero attached hydrogens (tertiary/aromatic N) is 1. The van der Waals surface area contributed by atoms with Crippen LogP contribution in [0.15, 0.2) is 81.2 Å². The molecule has 2 atom stereocenters. The Morgan fingerprint density at radius 2 is 1.63 bits per heavy atom. The number of aliphatic hydroxyl groups is 1. The van der Waals surface area contributed by atoms with Crippen molar-refractivity contribution in [3.05, 3.63) is 93.8 Å². The van der Waals surface area contributed by atoms with Crippen LogP contribution < -0.4 is 16.8 Å². The van der Waals surface area contributed by atoms with Gasteiger partial charge in [0.2, 0.25) is 0 Å². The van der Waals surface area contributed by atoms with Crippen molar-refractivity contribution in [3.63, 3.8) is 0 Å². The number of rotatable bonds is 5. The van der Waals surface area contributed by atoms with Gasteiger partial charge in [-0.05, 0) is 86.0 Å². The van der Waals surface area contributed by atoms with Crippen molar-refractivity contribution in [1.29, 1.82) is 0 Å². The predicted molar refractivity (Wildman–Crippen MR) is 151 cm³/mol. The minimum absolute atomic E-state index is 0.274. The third kappa shape index (κ3) is 4.10. The van der Waals surface area contributed by atoms with Gasteiger partial charge >= 0.3 is 0 Å². The van der Waals surface area contributed by atoms with Crippen LogP contribution in [-0.4, -0.2) is 23.0 Å². The van der Waals surface area contributed by atoms with E-state index in [9.17, 15) is 9.90 Å². The van der Waals surface area contributed by atoms with Crippen molar-refractivity contribution in [2.45, 2.75) is 51.0 Å². The van der Waals surface area contributed by atoms with E-state index in [-0.39, 0.29) is 5.91 Å². The molecule has 2 unspecified atom stereocenters. The van der Waals surface area contributed by atoms with Crippen LogP contribution in [-0.2, 0) is 15.9 Å². The summed E-state index contributed by atoms with van der Waals surface area (Å²) in [6.07, 6.45) is -1.13. The average Bonchev–Trinajstić information content (AvgIpc) is 3.63. The van der Waals surface area contributed by atoms with E-state index >= 15 is 0 Å². The van der Waals surface area contributed by atoms with E-state index in [0.29, 0.717) is 28.4 Å². The van der Waals surface area contributed by atoms with Crippen LogP contribution in [0.3, 0.4) is 0 Å². The first-order valence-corrected chi connectivity index (χ1v) is 13.4. The Morgan fingerprint density at radius 3 is 2.34 bits per heavy atom. The molecule has 2 aliphatic heterocycles. The lowest BCUT2D eigenvalue weighted by Gasteiger charge is -2.19. The van der Waals surface area contributed by atoms with Crippen LogP contribution >= 0.6 is 11.3 Å². The third-order valence-corrected chi connectivity index (χ3v) is 8.26. The molecule has 0 saturated heterocycles. The summed E-state index contributed by atoms with van der Waals surface area (Å²) < 4.78 is 5.96. The van der Waals surface area contributed by atoms with Crippen LogP contribution in [0, 0.1) is 0 Å². The van der Waals surface area contributed by atoms with Gasteiger partial charge in [-0.3, -0.25) is 4.79 Å². The van der Waals surface area contributed by atoms with E-state index in [0.717, 1.165) is 31.7 Å². The number of amides is 1. The van der Waals surface area contributed by atoms with Crippen LogP contribution in [0.25, 0.3) is 21.2 Å². The highest BCUT2D eigenvalue weighted by atomic mass is 32.1. The van der Waals surface area contributed by atoms with Crippen molar-refractivity contribution < 1.29 is 14.3 Å². The van der Waals surface area contributed by atoms with Gasteiger partial charge in [-0.15, -0.1) is 11.3 Å². The second-order valence-electron chi connectivity index (χ2n) is 11.2. The largest absolute Gasteiger partial charge is 0.462 e. The number of carbonyl (C=O) groups is 1. The van der Waals surface area contributed by atoms with Crippen molar-refractivity contribution in [2.75, 3.05) is 0 Å². The molecule has 0 bridgehead atoms. The van der Waals surface area contributed by atoms with Gasteiger partial charge in [0.25, 0.3) is 5.91 Å². The molecule has 0 aliphatic carbocycles. The van der Waals surface area contributed by atoms with Crippen LogP contribution in [0.1, 0.15) is 55.7 Å². The number of furan rings is 1. The number of fused-ring (bicyclic) bond motifs is 1. The van der Waals surface area contributed by atoms with Gasteiger partial charge in [0.1, 0.15) is 17.6 Å². The number of aliphatic hydroxyl groups excluding tert-OH is 1. The zero-order valence-corrected chi connectivity index (χ0v) is 22.5. The highest BCUT2D eigenvalue weighted by Gasteiger charge is 2.44. The van der Waals surface area contributed by atoms with Gasteiger partial charge in [-0.2, -0.15) is 0 Å². The van der Waals surface area contributed by atoms with Crippen molar-refractivity contribution in [3.8, 4) is 10.4 Å². The Balaban J connectivity index is 1.32. The second-order valence-corrected chi connectivity index (χ2v) is 12.3. The smallest absolute Gasteiger partial charge is 0.254 e. The lowest BCUT2D eigenvalue weighted by Crippen LogP contribution is -2.28. The lowest BCUT2D eigenvalue weighted by atomic mass is 9.93. The van der Waals surface area contributed by atoms with Crippen molar-refractivity contribution in [1.82, 2.24) is 5.32 Å². The van der Waals surface area contributed by atoms with E-state index in [1.54, 1.807) is 23.5 Å². The summed E-state index contributed by atoms with van der Waals surface area (Å²) in [4.78, 5) is 19.4. The lowest BCUT2D eigenvalue weighted by molar-refractivity contribution is -0.116. The summed E-state index contributed by atoms with van der Waals surface area (Å²) in [6, 6.07) is 19.6. The highest BCUT2D eigenvalue weighted by molar-refractivity contribution is 7.17. The van der Waals surface area contributed by atoms with E-state index in [2.05, 4.69) is 46.7 Å². The van der Waals surface area contributed by atoms with E-state index in [4.69, 9.17) is 15.9 Å². The summed E-state index contributed by atoms with van der Waals surface area (Å²) in [7, 11) is 0. The first-order chi connectivity index (χ1) is 17.9. The van der Waals surface area contributed by atoms with E-state index < -0.39 is 23.3 Å². The Bertz CT molecular complexity index is 1660. The summed E-state index contributed by atoms with van der Waals surface area (Å²) in [5.74, 6) is 0.854. The average molecular weight is 527 g/mol. The normalized spacial score (nSPS) is 19.8. The molecule has 8 heteroatoms. The molecular weight excluding hydrogens is 496 g/mol. The molecule has 6 N–H and O–H groups in total. The zero-order valence-electron chi connectivity index (χ0n) is 21.7. The van der Waals surface area contributed by atoms with E-state index in [1.807, 2.05) is 39.8 Å². The Kier molecular flexibility index (Phi) is 5.52. The zero-order chi connectivity index (χ0) is 27.0. The first kappa shape index (κ1) is 24.8. The number of aliphatic imine (C=N–C) groups is 1. The maximum atomic E-state index is 13.1. The van der Waals surface area contributed by atoms with Gasteiger partial charge in [0.15, 0.2) is 6.23 Å². The topological polar surface area (TPSA) is 127 Å². The molecule has 2 aromatic heterocycles. The van der Waals surface area contributed by atoms with Crippen molar-refractivity contribution in [2.24, 2.45) is 16.5 Å². The fraction of sp³-hybridized carbons (Fsp3) is 0.267. The summed E-state index contributed by atoms with van der Waals surface area (Å²) in [5, 5.41) is 16.1. The van der Waals surface area contributed by atoms with Gasteiger partial charge in [-0.25, -0.2) is 4.99 Å². The minimum Gasteiger partial charge on any atom is -0.462 e. The molecule has 0 saturated carbocycles. The van der Waals surface area contributed by atoms with Gasteiger partial charge in [-0.1, -0.05) is 24.3 Å². The maximum Gasteiger partial charge on any atom is 0.254 e. The Morgan fingerprint density at radius 1 is 0.921 bits per heavy atom. The highest BCUT2D eigenvalue weighted by Crippen LogP contribution is 2.42. The molecule has 6 rings (SSSR count). The standard InChI is InChI=1S/C30H30N4O3S/c1-29(2,31)18-8-7-15-13-17(6-5-16(15)14-18)20-10-11-21(38-20)26-24-23(27(35)34-26)25(33-28(24)36)19-9-12-22(37-19)30(3,4)32/h5-14,25,27,35H,31-32H2,1-4H3,(H,33,36). The first-order valence-electron chi connectivity index (χ1n) is 12.5. The molecule has 4 aromatic rings. The number of hydrogen-bond donors (Lipinski definition) is 4. The molecule has 0 fully saturated rings. The van der Waals surface area contributed by atoms with Crippen molar-refractivity contribution >= 4 is 33.7 Å². The number of nitrogens with two attached hydrogens (primary N) is 2. The Labute approximate surface area is 224 Å². The SMILES string of the molecule is CC(C)(N)c1ccc2cc(-c3ccc(C4=NC(O)C5=C4C(=O)NC5c4ccc(C(C)(C)N)o4)s3)ccc2c1. The number of thiophene rings is 1. The molecule has 2 aromatic carbocycles. The molecule has 7 nitrogen and oxygen atoms in total. The molecule has 0 radical (unpaired) electrons. The maximum absolute atomic E-state index is 13.1. The fourth-order valence-electron chi connectivity index (χ4n) is 5.02.